The fourth-order valence-corrected chi connectivity index (χ4v) is 1.44. The van der Waals surface area contributed by atoms with Crippen molar-refractivity contribution in [1.82, 2.24) is 10.6 Å². The number of aliphatic hydroxyl groups is 1. The van der Waals surface area contributed by atoms with Crippen LogP contribution in [0.1, 0.15) is 47.0 Å². The molecule has 96 valence electrons. The molecule has 0 saturated heterocycles. The third-order valence-corrected chi connectivity index (χ3v) is 2.48. The molecule has 0 aliphatic heterocycles. The van der Waals surface area contributed by atoms with Crippen molar-refractivity contribution in [3.05, 3.63) is 0 Å². The van der Waals surface area contributed by atoms with Gasteiger partial charge in [0.1, 0.15) is 0 Å². The molecule has 0 bridgehead atoms. The minimum absolute atomic E-state index is 0.00220. The Labute approximate surface area is 98.8 Å². The summed E-state index contributed by atoms with van der Waals surface area (Å²) in [6.45, 7) is 8.43. The number of carbonyl (C=O) groups excluding carboxylic acids is 1. The van der Waals surface area contributed by atoms with Crippen LogP contribution in [0.5, 0.6) is 0 Å². The Morgan fingerprint density at radius 1 is 1.38 bits per heavy atom. The third kappa shape index (κ3) is 6.80. The number of amides is 1. The van der Waals surface area contributed by atoms with Crippen LogP contribution in [0.25, 0.3) is 0 Å². The molecule has 1 amide bonds. The standard InChI is InChI=1S/C12H26N2O2/c1-5-6-7-8-13-11(16)10(2)14-12(3,4)9-15/h10,14-15H,5-9H2,1-4H3,(H,13,16). The highest BCUT2D eigenvalue weighted by Gasteiger charge is 2.22. The van der Waals surface area contributed by atoms with Gasteiger partial charge in [-0.1, -0.05) is 19.8 Å². The topological polar surface area (TPSA) is 61.4 Å². The Morgan fingerprint density at radius 2 is 2.00 bits per heavy atom. The number of nitrogens with one attached hydrogen (secondary N) is 2. The summed E-state index contributed by atoms with van der Waals surface area (Å²) in [5, 5.41) is 15.0. The quantitative estimate of drug-likeness (QED) is 0.546. The fourth-order valence-electron chi connectivity index (χ4n) is 1.44. The van der Waals surface area contributed by atoms with E-state index in [1.807, 2.05) is 20.8 Å². The van der Waals surface area contributed by atoms with E-state index in [0.717, 1.165) is 25.8 Å². The number of carbonyl (C=O) groups is 1. The zero-order chi connectivity index (χ0) is 12.6. The zero-order valence-corrected chi connectivity index (χ0v) is 11.0. The third-order valence-electron chi connectivity index (χ3n) is 2.48. The molecule has 0 spiro atoms. The molecule has 0 aromatic carbocycles. The summed E-state index contributed by atoms with van der Waals surface area (Å²) in [6, 6.07) is -0.274. The highest BCUT2D eigenvalue weighted by atomic mass is 16.3. The van der Waals surface area contributed by atoms with E-state index in [1.54, 1.807) is 0 Å². The van der Waals surface area contributed by atoms with Gasteiger partial charge in [-0.05, 0) is 27.2 Å². The van der Waals surface area contributed by atoms with Gasteiger partial charge >= 0.3 is 0 Å². The lowest BCUT2D eigenvalue weighted by Crippen LogP contribution is -2.53. The Bertz CT molecular complexity index is 205. The van der Waals surface area contributed by atoms with Crippen molar-refractivity contribution in [3.8, 4) is 0 Å². The Hall–Kier alpha value is -0.610. The van der Waals surface area contributed by atoms with Crippen LogP contribution in [-0.2, 0) is 4.79 Å². The van der Waals surface area contributed by atoms with Crippen LogP contribution in [0.4, 0.5) is 0 Å². The molecular weight excluding hydrogens is 204 g/mol. The minimum atomic E-state index is -0.416. The normalized spacial score (nSPS) is 13.6. The van der Waals surface area contributed by atoms with Crippen molar-refractivity contribution in [3.63, 3.8) is 0 Å². The molecule has 0 aromatic rings. The Balaban J connectivity index is 3.82. The average molecular weight is 230 g/mol. The molecule has 16 heavy (non-hydrogen) atoms. The van der Waals surface area contributed by atoms with E-state index in [0.29, 0.717) is 0 Å². The second-order valence-corrected chi connectivity index (χ2v) is 4.91. The summed E-state index contributed by atoms with van der Waals surface area (Å²) in [6.07, 6.45) is 3.32. The summed E-state index contributed by atoms with van der Waals surface area (Å²) >= 11 is 0. The predicted molar refractivity (Wildman–Crippen MR) is 66.3 cm³/mol. The van der Waals surface area contributed by atoms with Crippen molar-refractivity contribution in [1.29, 1.82) is 0 Å². The maximum absolute atomic E-state index is 11.6. The zero-order valence-electron chi connectivity index (χ0n) is 11.0. The molecule has 0 rings (SSSR count). The van der Waals surface area contributed by atoms with E-state index in [4.69, 9.17) is 5.11 Å². The van der Waals surface area contributed by atoms with Gasteiger partial charge in [0.25, 0.3) is 0 Å². The largest absolute Gasteiger partial charge is 0.394 e. The monoisotopic (exact) mass is 230 g/mol. The van der Waals surface area contributed by atoms with Crippen LogP contribution < -0.4 is 10.6 Å². The van der Waals surface area contributed by atoms with Crippen molar-refractivity contribution < 1.29 is 9.90 Å². The second-order valence-electron chi connectivity index (χ2n) is 4.91. The first-order valence-corrected chi connectivity index (χ1v) is 6.09. The molecule has 0 fully saturated rings. The molecule has 0 heterocycles. The van der Waals surface area contributed by atoms with Crippen molar-refractivity contribution >= 4 is 5.91 Å². The Kier molecular flexibility index (Phi) is 7.34. The second kappa shape index (κ2) is 7.63. The highest BCUT2D eigenvalue weighted by molar-refractivity contribution is 5.81. The average Bonchev–Trinajstić information content (AvgIpc) is 2.23. The molecule has 0 aliphatic carbocycles. The van der Waals surface area contributed by atoms with Gasteiger partial charge in [-0.25, -0.2) is 0 Å². The number of rotatable bonds is 8. The van der Waals surface area contributed by atoms with Gasteiger partial charge in [-0.3, -0.25) is 10.1 Å². The van der Waals surface area contributed by atoms with Crippen LogP contribution in [0.3, 0.4) is 0 Å². The van der Waals surface area contributed by atoms with E-state index < -0.39 is 5.54 Å². The fraction of sp³-hybridized carbons (Fsp3) is 0.917. The van der Waals surface area contributed by atoms with Crippen molar-refractivity contribution in [2.45, 2.75) is 58.5 Å². The molecule has 0 saturated carbocycles. The lowest BCUT2D eigenvalue weighted by molar-refractivity contribution is -0.123. The molecular formula is C12H26N2O2. The van der Waals surface area contributed by atoms with E-state index in [2.05, 4.69) is 17.6 Å². The molecule has 1 atom stereocenters. The summed E-state index contributed by atoms with van der Waals surface area (Å²) in [4.78, 5) is 11.6. The first-order chi connectivity index (χ1) is 7.43. The first-order valence-electron chi connectivity index (χ1n) is 6.09. The lowest BCUT2D eigenvalue weighted by atomic mass is 10.1. The predicted octanol–water partition coefficient (Wildman–Crippen LogP) is 1.04. The number of hydrogen-bond donors (Lipinski definition) is 3. The van der Waals surface area contributed by atoms with Gasteiger partial charge in [0.15, 0.2) is 0 Å². The van der Waals surface area contributed by atoms with Crippen LogP contribution in [0, 0.1) is 0 Å². The first kappa shape index (κ1) is 15.4. The lowest BCUT2D eigenvalue weighted by Gasteiger charge is -2.27. The van der Waals surface area contributed by atoms with Crippen LogP contribution in [-0.4, -0.2) is 35.7 Å². The van der Waals surface area contributed by atoms with Crippen molar-refractivity contribution in [2.75, 3.05) is 13.2 Å². The number of unbranched alkanes of at least 4 members (excludes halogenated alkanes) is 2. The summed E-state index contributed by atoms with van der Waals surface area (Å²) in [7, 11) is 0. The van der Waals surface area contributed by atoms with E-state index in [1.165, 1.54) is 0 Å². The highest BCUT2D eigenvalue weighted by Crippen LogP contribution is 2.02. The smallest absolute Gasteiger partial charge is 0.236 e. The van der Waals surface area contributed by atoms with Gasteiger partial charge in [-0.15, -0.1) is 0 Å². The molecule has 3 N–H and O–H groups in total. The van der Waals surface area contributed by atoms with Gasteiger partial charge in [0.2, 0.25) is 5.91 Å². The van der Waals surface area contributed by atoms with Crippen LogP contribution in [0.2, 0.25) is 0 Å². The summed E-state index contributed by atoms with van der Waals surface area (Å²) < 4.78 is 0. The van der Waals surface area contributed by atoms with E-state index in [9.17, 15) is 4.79 Å². The summed E-state index contributed by atoms with van der Waals surface area (Å²) in [5.41, 5.74) is -0.416. The molecule has 0 aliphatic rings. The maximum Gasteiger partial charge on any atom is 0.236 e. The van der Waals surface area contributed by atoms with Crippen LogP contribution in [0.15, 0.2) is 0 Å². The number of hydrogen-bond acceptors (Lipinski definition) is 3. The van der Waals surface area contributed by atoms with Gasteiger partial charge in [0, 0.05) is 12.1 Å². The van der Waals surface area contributed by atoms with E-state index in [-0.39, 0.29) is 18.6 Å². The van der Waals surface area contributed by atoms with Gasteiger partial charge in [0.05, 0.1) is 12.6 Å². The molecule has 4 nitrogen and oxygen atoms in total. The SMILES string of the molecule is CCCCCNC(=O)C(C)NC(C)(C)CO. The van der Waals surface area contributed by atoms with Gasteiger partial charge < -0.3 is 10.4 Å². The Morgan fingerprint density at radius 3 is 2.50 bits per heavy atom. The number of aliphatic hydroxyl groups excluding tert-OH is 1. The maximum atomic E-state index is 11.6. The summed E-state index contributed by atoms with van der Waals surface area (Å²) in [5.74, 6) is -0.00220. The van der Waals surface area contributed by atoms with Crippen LogP contribution >= 0.6 is 0 Å². The van der Waals surface area contributed by atoms with Gasteiger partial charge in [-0.2, -0.15) is 0 Å². The minimum Gasteiger partial charge on any atom is -0.394 e. The molecule has 0 radical (unpaired) electrons. The van der Waals surface area contributed by atoms with Crippen molar-refractivity contribution in [2.24, 2.45) is 0 Å². The van der Waals surface area contributed by atoms with E-state index >= 15 is 0 Å². The molecule has 1 unspecified atom stereocenters. The molecule has 4 heteroatoms. The molecule has 0 aromatic heterocycles.